The summed E-state index contributed by atoms with van der Waals surface area (Å²) in [6, 6.07) is 18.2. The van der Waals surface area contributed by atoms with E-state index in [1.807, 2.05) is 30.3 Å². The smallest absolute Gasteiger partial charge is 0.288 e. The topological polar surface area (TPSA) is 79.8 Å². The Kier molecular flexibility index (Phi) is 4.63. The molecule has 0 aliphatic heterocycles. The molecule has 28 heavy (non-hydrogen) atoms. The lowest BCUT2D eigenvalue weighted by atomic mass is 10.2. The van der Waals surface area contributed by atoms with E-state index in [2.05, 4.69) is 10.3 Å². The monoisotopic (exact) mass is 374 g/mol. The summed E-state index contributed by atoms with van der Waals surface area (Å²) < 4.78 is 6.84. The number of furan rings is 1. The number of hydrogen-bond donors (Lipinski definition) is 1. The molecular weight excluding hydrogens is 356 g/mol. The number of fused-ring (bicyclic) bond motifs is 1. The quantitative estimate of drug-likeness (QED) is 0.582. The normalized spacial score (nSPS) is 10.8. The molecule has 0 fully saturated rings. The second kappa shape index (κ2) is 7.40. The summed E-state index contributed by atoms with van der Waals surface area (Å²) in [5, 5.41) is 2.77. The average molecular weight is 374 g/mol. The third-order valence-corrected chi connectivity index (χ3v) is 4.41. The zero-order chi connectivity index (χ0) is 19.5. The van der Waals surface area contributed by atoms with Gasteiger partial charge in [0.1, 0.15) is 5.76 Å². The van der Waals surface area contributed by atoms with Crippen LogP contribution in [0.4, 0.5) is 5.69 Å². The number of para-hydroxylation sites is 1. The fraction of sp³-hybridized carbons (Fsp3) is 0.0952. The maximum Gasteiger partial charge on any atom is 0.288 e. The van der Waals surface area contributed by atoms with E-state index in [9.17, 15) is 9.59 Å². The summed E-state index contributed by atoms with van der Waals surface area (Å²) in [6.07, 6.45) is 3.26. The Morgan fingerprint density at radius 3 is 2.61 bits per heavy atom. The van der Waals surface area contributed by atoms with Gasteiger partial charge in [0.25, 0.3) is 11.8 Å². The Morgan fingerprint density at radius 1 is 1.07 bits per heavy atom. The molecule has 0 bridgehead atoms. The Labute approximate surface area is 161 Å². The van der Waals surface area contributed by atoms with E-state index in [0.29, 0.717) is 11.3 Å². The molecule has 4 rings (SSSR count). The Bertz CT molecular complexity index is 1120. The lowest BCUT2D eigenvalue weighted by molar-refractivity contribution is 0.0937. The molecule has 0 radical (unpaired) electrons. The molecule has 3 heterocycles. The molecule has 1 N–H and O–H groups in total. The lowest BCUT2D eigenvalue weighted by Gasteiger charge is -2.16. The van der Waals surface area contributed by atoms with Crippen LogP contribution in [-0.4, -0.2) is 28.2 Å². The van der Waals surface area contributed by atoms with Gasteiger partial charge in [-0.25, -0.2) is 4.98 Å². The molecule has 1 aromatic carbocycles. The highest BCUT2D eigenvalue weighted by Gasteiger charge is 2.24. The lowest BCUT2D eigenvalue weighted by Crippen LogP contribution is -2.27. The summed E-state index contributed by atoms with van der Waals surface area (Å²) in [4.78, 5) is 31.6. The van der Waals surface area contributed by atoms with E-state index in [1.54, 1.807) is 54.2 Å². The molecule has 0 atom stereocenters. The van der Waals surface area contributed by atoms with Crippen molar-refractivity contribution in [2.24, 2.45) is 0 Å². The van der Waals surface area contributed by atoms with Crippen LogP contribution in [0.25, 0.3) is 5.52 Å². The van der Waals surface area contributed by atoms with Gasteiger partial charge in [0.2, 0.25) is 5.82 Å². The standard InChI is InChI=1S/C21H18N4O3/c1-24(15-8-3-2-4-9-15)21(27)18-17-11-5-6-12-25(17)19(23-18)20(26)22-14-16-10-7-13-28-16/h2-13H,14H2,1H3,(H,22,26). The fourth-order valence-corrected chi connectivity index (χ4v) is 2.94. The number of pyridine rings is 1. The van der Waals surface area contributed by atoms with Gasteiger partial charge < -0.3 is 14.6 Å². The summed E-state index contributed by atoms with van der Waals surface area (Å²) >= 11 is 0. The number of hydrogen-bond acceptors (Lipinski definition) is 4. The molecule has 0 unspecified atom stereocenters. The van der Waals surface area contributed by atoms with Gasteiger partial charge in [-0.05, 0) is 36.4 Å². The highest BCUT2D eigenvalue weighted by Crippen LogP contribution is 2.19. The number of carbonyl (C=O) groups excluding carboxylic acids is 2. The molecule has 2 amide bonds. The largest absolute Gasteiger partial charge is 0.467 e. The molecule has 0 aliphatic carbocycles. The Balaban J connectivity index is 1.66. The van der Waals surface area contributed by atoms with E-state index >= 15 is 0 Å². The molecule has 0 spiro atoms. The molecule has 0 saturated heterocycles. The van der Waals surface area contributed by atoms with Crippen molar-refractivity contribution in [1.29, 1.82) is 0 Å². The van der Waals surface area contributed by atoms with Crippen molar-refractivity contribution in [1.82, 2.24) is 14.7 Å². The molecule has 7 heteroatoms. The van der Waals surface area contributed by atoms with E-state index in [-0.39, 0.29) is 29.9 Å². The SMILES string of the molecule is CN(C(=O)c1nc(C(=O)NCc2ccco2)n2ccccc12)c1ccccc1. The first-order valence-corrected chi connectivity index (χ1v) is 8.76. The number of benzene rings is 1. The highest BCUT2D eigenvalue weighted by molar-refractivity contribution is 6.10. The molecule has 4 aromatic rings. The number of aromatic nitrogens is 2. The van der Waals surface area contributed by atoms with Crippen LogP contribution >= 0.6 is 0 Å². The third-order valence-electron chi connectivity index (χ3n) is 4.41. The zero-order valence-corrected chi connectivity index (χ0v) is 15.2. The van der Waals surface area contributed by atoms with Crippen molar-refractivity contribution in [3.8, 4) is 0 Å². The Morgan fingerprint density at radius 2 is 1.86 bits per heavy atom. The predicted octanol–water partition coefficient (Wildman–Crippen LogP) is 3.13. The average Bonchev–Trinajstić information content (AvgIpc) is 3.39. The maximum atomic E-state index is 13.0. The minimum atomic E-state index is -0.390. The van der Waals surface area contributed by atoms with Crippen LogP contribution < -0.4 is 10.2 Å². The van der Waals surface area contributed by atoms with Crippen LogP contribution in [0.1, 0.15) is 26.9 Å². The summed E-state index contributed by atoms with van der Waals surface area (Å²) in [7, 11) is 1.68. The van der Waals surface area contributed by atoms with Crippen molar-refractivity contribution in [2.75, 3.05) is 11.9 Å². The van der Waals surface area contributed by atoms with Gasteiger partial charge in [-0.2, -0.15) is 0 Å². The number of carbonyl (C=O) groups is 2. The van der Waals surface area contributed by atoms with Crippen LogP contribution in [0.2, 0.25) is 0 Å². The number of amides is 2. The number of anilines is 1. The zero-order valence-electron chi connectivity index (χ0n) is 15.2. The third kappa shape index (κ3) is 3.25. The molecule has 0 saturated carbocycles. The van der Waals surface area contributed by atoms with Crippen LogP contribution in [0.15, 0.2) is 77.5 Å². The van der Waals surface area contributed by atoms with Crippen molar-refractivity contribution >= 4 is 23.0 Å². The van der Waals surface area contributed by atoms with Gasteiger partial charge in [0.15, 0.2) is 5.69 Å². The first-order chi connectivity index (χ1) is 13.6. The number of rotatable bonds is 5. The number of nitrogens with zero attached hydrogens (tertiary/aromatic N) is 3. The number of imidazole rings is 1. The van der Waals surface area contributed by atoms with Gasteiger partial charge >= 0.3 is 0 Å². The van der Waals surface area contributed by atoms with Gasteiger partial charge in [-0.15, -0.1) is 0 Å². The first-order valence-electron chi connectivity index (χ1n) is 8.76. The predicted molar refractivity (Wildman–Crippen MR) is 104 cm³/mol. The van der Waals surface area contributed by atoms with Gasteiger partial charge in [-0.1, -0.05) is 24.3 Å². The molecule has 7 nitrogen and oxygen atoms in total. The highest BCUT2D eigenvalue weighted by atomic mass is 16.3. The van der Waals surface area contributed by atoms with Crippen molar-refractivity contribution < 1.29 is 14.0 Å². The fourth-order valence-electron chi connectivity index (χ4n) is 2.94. The molecule has 0 aliphatic rings. The molecule has 140 valence electrons. The minimum absolute atomic E-state index is 0.145. The van der Waals surface area contributed by atoms with E-state index in [1.165, 1.54) is 4.90 Å². The van der Waals surface area contributed by atoms with E-state index in [0.717, 1.165) is 5.69 Å². The van der Waals surface area contributed by atoms with Crippen LogP contribution in [0.5, 0.6) is 0 Å². The van der Waals surface area contributed by atoms with Gasteiger partial charge in [-0.3, -0.25) is 14.0 Å². The van der Waals surface area contributed by atoms with Crippen molar-refractivity contribution in [3.63, 3.8) is 0 Å². The number of nitrogens with one attached hydrogen (secondary N) is 1. The summed E-state index contributed by atoms with van der Waals surface area (Å²) in [5.74, 6) is 0.0975. The van der Waals surface area contributed by atoms with Gasteiger partial charge in [0.05, 0.1) is 18.3 Å². The first kappa shape index (κ1) is 17.5. The van der Waals surface area contributed by atoms with Crippen LogP contribution in [0, 0.1) is 0 Å². The molecular formula is C21H18N4O3. The Hall–Kier alpha value is -3.87. The summed E-state index contributed by atoms with van der Waals surface area (Å²) in [5.41, 5.74) is 1.53. The van der Waals surface area contributed by atoms with Gasteiger partial charge in [0, 0.05) is 18.9 Å². The molecule has 3 aromatic heterocycles. The van der Waals surface area contributed by atoms with E-state index in [4.69, 9.17) is 4.42 Å². The minimum Gasteiger partial charge on any atom is -0.467 e. The van der Waals surface area contributed by atoms with Crippen LogP contribution in [-0.2, 0) is 6.54 Å². The maximum absolute atomic E-state index is 13.0. The second-order valence-corrected chi connectivity index (χ2v) is 6.20. The summed E-state index contributed by atoms with van der Waals surface area (Å²) in [6.45, 7) is 0.237. The second-order valence-electron chi connectivity index (χ2n) is 6.20. The van der Waals surface area contributed by atoms with Crippen molar-refractivity contribution in [3.05, 3.63) is 90.4 Å². The van der Waals surface area contributed by atoms with Crippen LogP contribution in [0.3, 0.4) is 0 Å². The van der Waals surface area contributed by atoms with E-state index < -0.39 is 0 Å². The van der Waals surface area contributed by atoms with Crippen molar-refractivity contribution in [2.45, 2.75) is 6.54 Å².